The minimum atomic E-state index is -4.67. The Kier molecular flexibility index (Phi) is 11.0. The van der Waals surface area contributed by atoms with Crippen molar-refractivity contribution in [3.63, 3.8) is 0 Å². The largest absolute Gasteiger partial charge is 0.501 e. The predicted molar refractivity (Wildman–Crippen MR) is 88.1 cm³/mol. The number of ether oxygens (including phenoxy) is 2. The van der Waals surface area contributed by atoms with Gasteiger partial charge in [0.05, 0.1) is 0 Å². The van der Waals surface area contributed by atoms with E-state index >= 15 is 0 Å². The van der Waals surface area contributed by atoms with Crippen LogP contribution in [0.5, 0.6) is 0 Å². The fourth-order valence-electron chi connectivity index (χ4n) is 2.26. The van der Waals surface area contributed by atoms with Crippen LogP contribution in [0.2, 0.25) is 6.04 Å². The summed E-state index contributed by atoms with van der Waals surface area (Å²) in [6, 6.07) is 0.188. The standard InChI is InChI=1S/C13H31O8PSi/c1-6-17-13(18-7-2,22(14,15)16)11-12-23(19-8-3,20-9-4)21-10-5/h6-12H2,1-5H3,(H2,14,15,16). The minimum Gasteiger partial charge on any atom is -0.374 e. The Bertz CT molecular complexity index is 339. The molecule has 2 N–H and O–H groups in total. The molecular weight excluding hydrogens is 343 g/mol. The maximum Gasteiger partial charge on any atom is 0.501 e. The lowest BCUT2D eigenvalue weighted by molar-refractivity contribution is -0.187. The molecule has 0 fully saturated rings. The molecule has 0 aliphatic heterocycles. The Balaban J connectivity index is 5.40. The summed E-state index contributed by atoms with van der Waals surface area (Å²) < 4.78 is 39.7. The second-order valence-electron chi connectivity index (χ2n) is 4.60. The number of hydrogen-bond donors (Lipinski definition) is 2. The predicted octanol–water partition coefficient (Wildman–Crippen LogP) is 2.33. The highest BCUT2D eigenvalue weighted by Gasteiger charge is 2.53. The van der Waals surface area contributed by atoms with Gasteiger partial charge in [-0.2, -0.15) is 0 Å². The SMILES string of the molecule is CCOC(CC[Si](OCC)(OCC)OCC)(OCC)P(=O)(O)O. The van der Waals surface area contributed by atoms with Gasteiger partial charge in [-0.15, -0.1) is 0 Å². The molecule has 0 aliphatic carbocycles. The van der Waals surface area contributed by atoms with Gasteiger partial charge in [-0.3, -0.25) is 4.57 Å². The van der Waals surface area contributed by atoms with Crippen LogP contribution >= 0.6 is 7.60 Å². The van der Waals surface area contributed by atoms with Gasteiger partial charge >= 0.3 is 16.4 Å². The molecule has 0 aliphatic rings. The molecule has 23 heavy (non-hydrogen) atoms. The van der Waals surface area contributed by atoms with Crippen molar-refractivity contribution in [1.29, 1.82) is 0 Å². The molecule has 0 saturated carbocycles. The Morgan fingerprint density at radius 1 is 0.826 bits per heavy atom. The van der Waals surface area contributed by atoms with Gasteiger partial charge < -0.3 is 32.5 Å². The van der Waals surface area contributed by atoms with Gasteiger partial charge in [0.25, 0.3) is 5.53 Å². The van der Waals surface area contributed by atoms with Crippen molar-refractivity contribution < 1.29 is 37.1 Å². The van der Waals surface area contributed by atoms with Crippen molar-refractivity contribution in [3.05, 3.63) is 0 Å². The molecule has 0 saturated heterocycles. The highest BCUT2D eigenvalue weighted by Crippen LogP contribution is 2.55. The summed E-state index contributed by atoms with van der Waals surface area (Å²) in [5.74, 6) is 0. The second kappa shape index (κ2) is 10.9. The summed E-state index contributed by atoms with van der Waals surface area (Å²) in [6.45, 7) is 10.1. The quantitative estimate of drug-likeness (QED) is 0.271. The second-order valence-corrected chi connectivity index (χ2v) is 9.11. The first-order chi connectivity index (χ1) is 10.8. The zero-order valence-electron chi connectivity index (χ0n) is 14.7. The van der Waals surface area contributed by atoms with Gasteiger partial charge in [0.1, 0.15) is 0 Å². The van der Waals surface area contributed by atoms with Crippen LogP contribution < -0.4 is 0 Å². The minimum absolute atomic E-state index is 0.0782. The number of rotatable bonds is 14. The van der Waals surface area contributed by atoms with Crippen molar-refractivity contribution in [1.82, 2.24) is 0 Å². The number of hydrogen-bond acceptors (Lipinski definition) is 6. The Morgan fingerprint density at radius 3 is 1.48 bits per heavy atom. The van der Waals surface area contributed by atoms with E-state index in [0.29, 0.717) is 19.8 Å². The fourth-order valence-corrected chi connectivity index (χ4v) is 6.11. The molecule has 0 unspecified atom stereocenters. The summed E-state index contributed by atoms with van der Waals surface area (Å²) in [5.41, 5.74) is -2.00. The van der Waals surface area contributed by atoms with Gasteiger partial charge in [-0.1, -0.05) is 0 Å². The van der Waals surface area contributed by atoms with E-state index in [9.17, 15) is 14.4 Å². The van der Waals surface area contributed by atoms with E-state index in [1.807, 2.05) is 20.8 Å². The van der Waals surface area contributed by atoms with Crippen LogP contribution in [0.3, 0.4) is 0 Å². The molecule has 0 aromatic rings. The Morgan fingerprint density at radius 2 is 1.22 bits per heavy atom. The molecule has 0 radical (unpaired) electrons. The van der Waals surface area contributed by atoms with Gasteiger partial charge in [-0.05, 0) is 34.6 Å². The average Bonchev–Trinajstić information content (AvgIpc) is 2.45. The first-order valence-corrected chi connectivity index (χ1v) is 11.6. The van der Waals surface area contributed by atoms with Crippen LogP contribution in [-0.4, -0.2) is 57.2 Å². The summed E-state index contributed by atoms with van der Waals surface area (Å²) in [5, 5.41) is 0. The van der Waals surface area contributed by atoms with E-state index in [1.165, 1.54) is 0 Å². The molecule has 0 spiro atoms. The normalized spacial score (nSPS) is 13.5. The molecule has 0 heterocycles. The Hall–Kier alpha value is 0.167. The average molecular weight is 374 g/mol. The molecular formula is C13H31O8PSi. The van der Waals surface area contributed by atoms with Crippen LogP contribution in [-0.2, 0) is 27.3 Å². The third kappa shape index (κ3) is 6.89. The van der Waals surface area contributed by atoms with Crippen molar-refractivity contribution in [2.75, 3.05) is 33.0 Å². The molecule has 0 amide bonds. The maximum atomic E-state index is 12.0. The van der Waals surface area contributed by atoms with E-state index < -0.39 is 21.9 Å². The first kappa shape index (κ1) is 23.2. The highest BCUT2D eigenvalue weighted by molar-refractivity contribution is 7.53. The molecule has 140 valence electrons. The lowest BCUT2D eigenvalue weighted by atomic mass is 10.4. The molecule has 0 atom stereocenters. The van der Waals surface area contributed by atoms with Gasteiger partial charge in [0.2, 0.25) is 0 Å². The van der Waals surface area contributed by atoms with Gasteiger partial charge in [0, 0.05) is 45.5 Å². The summed E-state index contributed by atoms with van der Waals surface area (Å²) >= 11 is 0. The third-order valence-corrected chi connectivity index (χ3v) is 7.44. The zero-order chi connectivity index (χ0) is 18.0. The zero-order valence-corrected chi connectivity index (χ0v) is 16.6. The van der Waals surface area contributed by atoms with E-state index in [0.717, 1.165) is 0 Å². The van der Waals surface area contributed by atoms with E-state index in [4.69, 9.17) is 22.8 Å². The highest BCUT2D eigenvalue weighted by atomic mass is 31.2. The van der Waals surface area contributed by atoms with Crippen LogP contribution in [0.1, 0.15) is 41.0 Å². The monoisotopic (exact) mass is 374 g/mol. The van der Waals surface area contributed by atoms with Crippen LogP contribution in [0.4, 0.5) is 0 Å². The fraction of sp³-hybridized carbons (Fsp3) is 1.00. The smallest absolute Gasteiger partial charge is 0.374 e. The van der Waals surface area contributed by atoms with Crippen molar-refractivity contribution in [2.45, 2.75) is 52.6 Å². The molecule has 0 bridgehead atoms. The van der Waals surface area contributed by atoms with E-state index in [-0.39, 0.29) is 25.7 Å². The van der Waals surface area contributed by atoms with Gasteiger partial charge in [0.15, 0.2) is 0 Å². The van der Waals surface area contributed by atoms with Crippen LogP contribution in [0, 0.1) is 0 Å². The van der Waals surface area contributed by atoms with Crippen molar-refractivity contribution in [2.24, 2.45) is 0 Å². The van der Waals surface area contributed by atoms with Crippen LogP contribution in [0.15, 0.2) is 0 Å². The van der Waals surface area contributed by atoms with Crippen molar-refractivity contribution >= 4 is 16.4 Å². The van der Waals surface area contributed by atoms with Gasteiger partial charge in [-0.25, -0.2) is 0 Å². The molecule has 0 rings (SSSR count). The van der Waals surface area contributed by atoms with Crippen LogP contribution in [0.25, 0.3) is 0 Å². The summed E-state index contributed by atoms with van der Waals surface area (Å²) in [4.78, 5) is 19.5. The maximum absolute atomic E-state index is 12.0. The first-order valence-electron chi connectivity index (χ1n) is 8.01. The lowest BCUT2D eigenvalue weighted by Gasteiger charge is -2.36. The lowest BCUT2D eigenvalue weighted by Crippen LogP contribution is -2.48. The summed E-state index contributed by atoms with van der Waals surface area (Å²) in [7, 11) is -7.72. The Labute approximate surface area is 139 Å². The molecule has 0 aromatic heterocycles. The van der Waals surface area contributed by atoms with E-state index in [2.05, 4.69) is 0 Å². The third-order valence-electron chi connectivity index (χ3n) is 3.02. The summed E-state index contributed by atoms with van der Waals surface area (Å²) in [6.07, 6.45) is -0.0782. The molecule has 10 heteroatoms. The topological polar surface area (TPSA) is 104 Å². The molecule has 0 aromatic carbocycles. The van der Waals surface area contributed by atoms with E-state index in [1.54, 1.807) is 13.8 Å². The van der Waals surface area contributed by atoms with Crippen molar-refractivity contribution in [3.8, 4) is 0 Å². The molecule has 8 nitrogen and oxygen atoms in total.